The third-order valence-corrected chi connectivity index (χ3v) is 2.47. The fraction of sp³-hybridized carbons (Fsp3) is 0.417. The van der Waals surface area contributed by atoms with Crippen LogP contribution >= 0.6 is 0 Å². The SMILES string of the molecule is O=C1COC(COCc2ccccc2)C1F. The van der Waals surface area contributed by atoms with E-state index in [0.29, 0.717) is 6.61 Å². The summed E-state index contributed by atoms with van der Waals surface area (Å²) in [6.07, 6.45) is -2.27. The van der Waals surface area contributed by atoms with E-state index in [4.69, 9.17) is 9.47 Å². The lowest BCUT2D eigenvalue weighted by atomic mass is 10.2. The van der Waals surface area contributed by atoms with Crippen molar-refractivity contribution in [3.8, 4) is 0 Å². The molecule has 0 bridgehead atoms. The topological polar surface area (TPSA) is 35.5 Å². The lowest BCUT2D eigenvalue weighted by molar-refractivity contribution is -0.121. The van der Waals surface area contributed by atoms with Gasteiger partial charge in [0.2, 0.25) is 0 Å². The molecular formula is C12H13FO3. The van der Waals surface area contributed by atoms with Crippen molar-refractivity contribution in [2.75, 3.05) is 13.2 Å². The number of carbonyl (C=O) groups excluding carboxylic acids is 1. The number of hydrogen-bond acceptors (Lipinski definition) is 3. The number of alkyl halides is 1. The van der Waals surface area contributed by atoms with Crippen molar-refractivity contribution in [2.45, 2.75) is 18.9 Å². The third kappa shape index (κ3) is 2.65. The van der Waals surface area contributed by atoms with Crippen LogP contribution in [0.4, 0.5) is 4.39 Å². The first-order valence-corrected chi connectivity index (χ1v) is 5.17. The number of Topliss-reactive ketones (excluding diaryl/α,β-unsaturated/α-hetero) is 1. The van der Waals surface area contributed by atoms with E-state index in [1.807, 2.05) is 30.3 Å². The van der Waals surface area contributed by atoms with Gasteiger partial charge in [0.25, 0.3) is 0 Å². The molecule has 1 aliphatic rings. The molecule has 1 heterocycles. The molecule has 86 valence electrons. The highest BCUT2D eigenvalue weighted by Crippen LogP contribution is 2.14. The van der Waals surface area contributed by atoms with Crippen LogP contribution in [0.5, 0.6) is 0 Å². The molecule has 0 saturated carbocycles. The second-order valence-corrected chi connectivity index (χ2v) is 3.72. The number of carbonyl (C=O) groups is 1. The van der Waals surface area contributed by atoms with Crippen LogP contribution in [0.25, 0.3) is 0 Å². The molecule has 1 fully saturated rings. The summed E-state index contributed by atoms with van der Waals surface area (Å²) >= 11 is 0. The first-order valence-electron chi connectivity index (χ1n) is 5.17. The standard InChI is InChI=1S/C12H13FO3/c13-12-10(14)7-16-11(12)8-15-6-9-4-2-1-3-5-9/h1-5,11-12H,6-8H2. The summed E-state index contributed by atoms with van der Waals surface area (Å²) in [4.78, 5) is 10.9. The van der Waals surface area contributed by atoms with Crippen LogP contribution in [-0.4, -0.2) is 31.3 Å². The second kappa shape index (κ2) is 5.18. The van der Waals surface area contributed by atoms with E-state index in [2.05, 4.69) is 0 Å². The lowest BCUT2D eigenvalue weighted by Crippen LogP contribution is -2.26. The molecule has 0 aromatic heterocycles. The number of halogens is 1. The van der Waals surface area contributed by atoms with Crippen molar-refractivity contribution in [2.24, 2.45) is 0 Å². The molecule has 1 aliphatic heterocycles. The van der Waals surface area contributed by atoms with Crippen LogP contribution < -0.4 is 0 Å². The number of ether oxygens (including phenoxy) is 2. The van der Waals surface area contributed by atoms with Gasteiger partial charge in [0.1, 0.15) is 12.7 Å². The maximum absolute atomic E-state index is 13.2. The van der Waals surface area contributed by atoms with Gasteiger partial charge in [0.15, 0.2) is 12.0 Å². The van der Waals surface area contributed by atoms with E-state index in [1.54, 1.807) is 0 Å². The summed E-state index contributed by atoms with van der Waals surface area (Å²) in [6.45, 7) is 0.379. The number of rotatable bonds is 4. The Balaban J connectivity index is 1.75. The van der Waals surface area contributed by atoms with Crippen LogP contribution in [0.3, 0.4) is 0 Å². The molecule has 1 aromatic carbocycles. The summed E-state index contributed by atoms with van der Waals surface area (Å²) in [6, 6.07) is 9.58. The Labute approximate surface area is 93.2 Å². The van der Waals surface area contributed by atoms with Crippen molar-refractivity contribution < 1.29 is 18.7 Å². The molecule has 0 amide bonds. The van der Waals surface area contributed by atoms with Gasteiger partial charge in [-0.3, -0.25) is 4.79 Å². The quantitative estimate of drug-likeness (QED) is 0.777. The van der Waals surface area contributed by atoms with Crippen molar-refractivity contribution in [3.63, 3.8) is 0 Å². The van der Waals surface area contributed by atoms with Crippen LogP contribution in [0, 0.1) is 0 Å². The Kier molecular flexibility index (Phi) is 3.64. The average molecular weight is 224 g/mol. The van der Waals surface area contributed by atoms with Gasteiger partial charge in [-0.05, 0) is 5.56 Å². The first-order chi connectivity index (χ1) is 7.77. The zero-order valence-electron chi connectivity index (χ0n) is 8.77. The summed E-state index contributed by atoms with van der Waals surface area (Å²) < 4.78 is 23.4. The molecule has 0 spiro atoms. The van der Waals surface area contributed by atoms with Gasteiger partial charge in [-0.15, -0.1) is 0 Å². The fourth-order valence-electron chi connectivity index (χ4n) is 1.56. The molecule has 4 heteroatoms. The highest BCUT2D eigenvalue weighted by molar-refractivity contribution is 5.86. The van der Waals surface area contributed by atoms with E-state index in [9.17, 15) is 9.18 Å². The number of hydrogen-bond donors (Lipinski definition) is 0. The molecule has 1 aromatic rings. The Morgan fingerprint density at radius 3 is 2.75 bits per heavy atom. The average Bonchev–Trinajstić information content (AvgIpc) is 2.62. The second-order valence-electron chi connectivity index (χ2n) is 3.72. The fourth-order valence-corrected chi connectivity index (χ4v) is 1.56. The normalized spacial score (nSPS) is 24.9. The predicted octanol–water partition coefficient (Wildman–Crippen LogP) is 1.51. The van der Waals surface area contributed by atoms with Gasteiger partial charge < -0.3 is 9.47 Å². The van der Waals surface area contributed by atoms with E-state index in [1.165, 1.54) is 0 Å². The Bertz CT molecular complexity index is 353. The third-order valence-electron chi connectivity index (χ3n) is 2.47. The van der Waals surface area contributed by atoms with Crippen LogP contribution in [-0.2, 0) is 20.9 Å². The monoisotopic (exact) mass is 224 g/mol. The van der Waals surface area contributed by atoms with Gasteiger partial charge in [-0.1, -0.05) is 30.3 Å². The maximum Gasteiger partial charge on any atom is 0.195 e. The zero-order chi connectivity index (χ0) is 11.4. The Morgan fingerprint density at radius 1 is 1.38 bits per heavy atom. The van der Waals surface area contributed by atoms with Gasteiger partial charge in [0, 0.05) is 0 Å². The molecule has 3 nitrogen and oxygen atoms in total. The summed E-state index contributed by atoms with van der Waals surface area (Å²) in [5, 5.41) is 0. The molecule has 0 N–H and O–H groups in total. The molecule has 0 radical (unpaired) electrons. The minimum absolute atomic E-state index is 0.113. The number of ketones is 1. The Morgan fingerprint density at radius 2 is 2.12 bits per heavy atom. The van der Waals surface area contributed by atoms with E-state index in [-0.39, 0.29) is 13.2 Å². The zero-order valence-corrected chi connectivity index (χ0v) is 8.77. The first kappa shape index (κ1) is 11.2. The van der Waals surface area contributed by atoms with Gasteiger partial charge in [0.05, 0.1) is 13.2 Å². The predicted molar refractivity (Wildman–Crippen MR) is 55.7 cm³/mol. The lowest BCUT2D eigenvalue weighted by Gasteiger charge is -2.11. The summed E-state index contributed by atoms with van der Waals surface area (Å²) in [7, 11) is 0. The van der Waals surface area contributed by atoms with Gasteiger partial charge >= 0.3 is 0 Å². The maximum atomic E-state index is 13.2. The summed E-state index contributed by atoms with van der Waals surface area (Å²) in [5.74, 6) is -0.492. The number of benzene rings is 1. The molecular weight excluding hydrogens is 211 g/mol. The van der Waals surface area contributed by atoms with E-state index >= 15 is 0 Å². The molecule has 2 unspecified atom stereocenters. The van der Waals surface area contributed by atoms with Crippen molar-refractivity contribution in [1.82, 2.24) is 0 Å². The molecule has 2 atom stereocenters. The van der Waals surface area contributed by atoms with Gasteiger partial charge in [-0.2, -0.15) is 0 Å². The minimum Gasteiger partial charge on any atom is -0.374 e. The van der Waals surface area contributed by atoms with E-state index < -0.39 is 18.1 Å². The van der Waals surface area contributed by atoms with Crippen molar-refractivity contribution in [1.29, 1.82) is 0 Å². The Hall–Kier alpha value is -1.26. The molecule has 0 aliphatic carbocycles. The highest BCUT2D eigenvalue weighted by Gasteiger charge is 2.35. The van der Waals surface area contributed by atoms with Crippen LogP contribution in [0.15, 0.2) is 30.3 Å². The van der Waals surface area contributed by atoms with Crippen LogP contribution in [0.2, 0.25) is 0 Å². The van der Waals surface area contributed by atoms with Crippen molar-refractivity contribution in [3.05, 3.63) is 35.9 Å². The minimum atomic E-state index is -1.53. The van der Waals surface area contributed by atoms with E-state index in [0.717, 1.165) is 5.56 Å². The highest BCUT2D eigenvalue weighted by atomic mass is 19.1. The smallest absolute Gasteiger partial charge is 0.195 e. The van der Waals surface area contributed by atoms with Gasteiger partial charge in [-0.25, -0.2) is 4.39 Å². The molecule has 1 saturated heterocycles. The molecule has 2 rings (SSSR count). The van der Waals surface area contributed by atoms with Crippen LogP contribution in [0.1, 0.15) is 5.56 Å². The largest absolute Gasteiger partial charge is 0.374 e. The summed E-state index contributed by atoms with van der Waals surface area (Å²) in [5.41, 5.74) is 1.02. The molecule has 16 heavy (non-hydrogen) atoms. The van der Waals surface area contributed by atoms with Crippen molar-refractivity contribution >= 4 is 5.78 Å².